The van der Waals surface area contributed by atoms with Crippen molar-refractivity contribution in [3.05, 3.63) is 41.6 Å². The summed E-state index contributed by atoms with van der Waals surface area (Å²) in [5, 5.41) is 12.0. The molecule has 1 aromatic carbocycles. The maximum absolute atomic E-state index is 6.40. The first-order valence-electron chi connectivity index (χ1n) is 9.87. The van der Waals surface area contributed by atoms with E-state index in [4.69, 9.17) is 5.73 Å². The summed E-state index contributed by atoms with van der Waals surface area (Å²) in [5.41, 5.74) is 9.60. The van der Waals surface area contributed by atoms with Crippen LogP contribution in [0.25, 0.3) is 11.0 Å². The van der Waals surface area contributed by atoms with Gasteiger partial charge in [0, 0.05) is 25.2 Å². The van der Waals surface area contributed by atoms with Crippen LogP contribution >= 0.6 is 0 Å². The van der Waals surface area contributed by atoms with E-state index in [2.05, 4.69) is 70.7 Å². The Morgan fingerprint density at radius 1 is 1.18 bits per heavy atom. The molecule has 148 valence electrons. The number of nitrogens with two attached hydrogens (primary N) is 1. The molecule has 0 radical (unpaired) electrons. The van der Waals surface area contributed by atoms with E-state index in [1.165, 1.54) is 18.4 Å². The molecule has 1 aliphatic rings. The smallest absolute Gasteiger partial charge is 0.226 e. The number of nitrogens with one attached hydrogen (secondary N) is 2. The lowest BCUT2D eigenvalue weighted by Gasteiger charge is -2.22. The number of rotatable bonds is 6. The minimum Gasteiger partial charge on any atom is -0.365 e. The highest BCUT2D eigenvalue weighted by molar-refractivity contribution is 5.87. The van der Waals surface area contributed by atoms with Crippen LogP contribution in [0.3, 0.4) is 0 Å². The Hall–Kier alpha value is -2.67. The van der Waals surface area contributed by atoms with E-state index in [1.807, 2.05) is 7.05 Å². The van der Waals surface area contributed by atoms with Gasteiger partial charge in [0.25, 0.3) is 0 Å². The Balaban J connectivity index is 1.51. The number of nitrogens with zero attached hydrogens (tertiary/aromatic N) is 4. The van der Waals surface area contributed by atoms with Crippen molar-refractivity contribution in [2.24, 2.45) is 12.8 Å². The Morgan fingerprint density at radius 3 is 2.54 bits per heavy atom. The van der Waals surface area contributed by atoms with Crippen LogP contribution in [0.4, 0.5) is 11.8 Å². The predicted molar refractivity (Wildman–Crippen MR) is 114 cm³/mol. The van der Waals surface area contributed by atoms with E-state index in [0.717, 1.165) is 28.3 Å². The van der Waals surface area contributed by atoms with E-state index >= 15 is 0 Å². The summed E-state index contributed by atoms with van der Waals surface area (Å²) in [4.78, 5) is 9.29. The summed E-state index contributed by atoms with van der Waals surface area (Å²) in [6.07, 6.45) is 4.41. The number of hydrogen-bond acceptors (Lipinski definition) is 6. The Bertz CT molecular complexity index is 965. The summed E-state index contributed by atoms with van der Waals surface area (Å²) >= 11 is 0. The third-order valence-corrected chi connectivity index (χ3v) is 4.98. The van der Waals surface area contributed by atoms with Gasteiger partial charge >= 0.3 is 0 Å². The quantitative estimate of drug-likeness (QED) is 0.606. The minimum absolute atomic E-state index is 0.117. The molecule has 4 rings (SSSR count). The van der Waals surface area contributed by atoms with Crippen LogP contribution in [-0.4, -0.2) is 31.8 Å². The molecule has 0 aliphatic heterocycles. The molecule has 7 nitrogen and oxygen atoms in total. The van der Waals surface area contributed by atoms with Gasteiger partial charge in [-0.15, -0.1) is 0 Å². The van der Waals surface area contributed by atoms with Crippen molar-refractivity contribution in [2.75, 3.05) is 17.2 Å². The zero-order chi connectivity index (χ0) is 19.9. The summed E-state index contributed by atoms with van der Waals surface area (Å²) in [7, 11) is 1.88. The highest BCUT2D eigenvalue weighted by Gasteiger charge is 2.23. The van der Waals surface area contributed by atoms with Gasteiger partial charge in [-0.25, -0.2) is 0 Å². The maximum atomic E-state index is 6.40. The third-order valence-electron chi connectivity index (χ3n) is 4.98. The zero-order valence-electron chi connectivity index (χ0n) is 17.0. The van der Waals surface area contributed by atoms with Crippen molar-refractivity contribution >= 4 is 22.8 Å². The van der Waals surface area contributed by atoms with Gasteiger partial charge in [-0.2, -0.15) is 15.1 Å². The van der Waals surface area contributed by atoms with Crippen molar-refractivity contribution in [3.8, 4) is 0 Å². The standard InChI is InChI=1S/C21H29N7/c1-21(2,3)27-18-16-11-24-28(4)19(16)26-20(25-18)23-12-17(22)15-9-7-14(8-10-15)13-5-6-13/h7-11,13,17H,5-6,12,22H2,1-4H3,(H2,23,25,26,27). The molecule has 1 unspecified atom stereocenters. The molecule has 2 heterocycles. The Kier molecular flexibility index (Phi) is 4.71. The molecule has 1 aliphatic carbocycles. The number of fused-ring (bicyclic) bond motifs is 1. The second-order valence-corrected chi connectivity index (χ2v) is 8.70. The number of benzene rings is 1. The SMILES string of the molecule is Cn1ncc2c(NC(C)(C)C)nc(NCC(N)c3ccc(C4CC4)cc3)nc21. The summed E-state index contributed by atoms with van der Waals surface area (Å²) in [6, 6.07) is 8.56. The summed E-state index contributed by atoms with van der Waals surface area (Å²) in [5.74, 6) is 2.08. The molecule has 0 saturated heterocycles. The van der Waals surface area contributed by atoms with Crippen molar-refractivity contribution in [2.45, 2.75) is 51.1 Å². The normalized spacial score (nSPS) is 15.6. The first kappa shape index (κ1) is 18.7. The molecule has 4 N–H and O–H groups in total. The fraction of sp³-hybridized carbons (Fsp3) is 0.476. The van der Waals surface area contributed by atoms with E-state index in [9.17, 15) is 0 Å². The number of aryl methyl sites for hydroxylation is 1. The Morgan fingerprint density at radius 2 is 1.89 bits per heavy atom. The van der Waals surface area contributed by atoms with Crippen LogP contribution in [-0.2, 0) is 7.05 Å². The highest BCUT2D eigenvalue weighted by atomic mass is 15.3. The van der Waals surface area contributed by atoms with Crippen LogP contribution < -0.4 is 16.4 Å². The molecule has 28 heavy (non-hydrogen) atoms. The monoisotopic (exact) mass is 379 g/mol. The van der Waals surface area contributed by atoms with Crippen molar-refractivity contribution < 1.29 is 0 Å². The van der Waals surface area contributed by atoms with Crippen molar-refractivity contribution in [1.82, 2.24) is 19.7 Å². The Labute approximate surface area is 165 Å². The largest absolute Gasteiger partial charge is 0.365 e. The second-order valence-electron chi connectivity index (χ2n) is 8.70. The predicted octanol–water partition coefficient (Wildman–Crippen LogP) is 3.56. The summed E-state index contributed by atoms with van der Waals surface area (Å²) < 4.78 is 1.76. The van der Waals surface area contributed by atoms with Crippen LogP contribution in [0.2, 0.25) is 0 Å². The first-order valence-corrected chi connectivity index (χ1v) is 9.87. The van der Waals surface area contributed by atoms with Gasteiger partial charge < -0.3 is 16.4 Å². The third kappa shape index (κ3) is 4.09. The van der Waals surface area contributed by atoms with Gasteiger partial charge in [0.2, 0.25) is 5.95 Å². The van der Waals surface area contributed by atoms with Crippen molar-refractivity contribution in [1.29, 1.82) is 0 Å². The number of hydrogen-bond donors (Lipinski definition) is 3. The molecular formula is C21H29N7. The molecule has 2 aromatic heterocycles. The molecular weight excluding hydrogens is 350 g/mol. The topological polar surface area (TPSA) is 93.7 Å². The lowest BCUT2D eigenvalue weighted by Crippen LogP contribution is -2.27. The maximum Gasteiger partial charge on any atom is 0.226 e. The lowest BCUT2D eigenvalue weighted by atomic mass is 10.0. The van der Waals surface area contributed by atoms with Crippen LogP contribution in [0, 0.1) is 0 Å². The average molecular weight is 380 g/mol. The molecule has 0 bridgehead atoms. The molecule has 1 atom stereocenters. The van der Waals surface area contributed by atoms with Gasteiger partial charge in [0.15, 0.2) is 5.65 Å². The molecule has 7 heteroatoms. The van der Waals surface area contributed by atoms with Crippen LogP contribution in [0.15, 0.2) is 30.5 Å². The average Bonchev–Trinajstić information content (AvgIpc) is 3.43. The number of anilines is 2. The molecule has 0 amide bonds. The fourth-order valence-corrected chi connectivity index (χ4v) is 3.30. The van der Waals surface area contributed by atoms with E-state index in [0.29, 0.717) is 12.5 Å². The fourth-order valence-electron chi connectivity index (χ4n) is 3.30. The summed E-state index contributed by atoms with van der Waals surface area (Å²) in [6.45, 7) is 6.87. The van der Waals surface area contributed by atoms with E-state index < -0.39 is 0 Å². The van der Waals surface area contributed by atoms with Gasteiger partial charge in [0.1, 0.15) is 5.82 Å². The highest BCUT2D eigenvalue weighted by Crippen LogP contribution is 2.40. The molecule has 1 fully saturated rings. The molecule has 0 spiro atoms. The minimum atomic E-state index is -0.127. The zero-order valence-corrected chi connectivity index (χ0v) is 17.0. The number of aromatic nitrogens is 4. The molecule has 1 saturated carbocycles. The molecule has 3 aromatic rings. The van der Waals surface area contributed by atoms with Crippen LogP contribution in [0.5, 0.6) is 0 Å². The van der Waals surface area contributed by atoms with Crippen LogP contribution in [0.1, 0.15) is 56.7 Å². The van der Waals surface area contributed by atoms with E-state index in [-0.39, 0.29) is 11.6 Å². The first-order chi connectivity index (χ1) is 13.3. The van der Waals surface area contributed by atoms with Gasteiger partial charge in [0.05, 0.1) is 11.6 Å². The lowest BCUT2D eigenvalue weighted by molar-refractivity contribution is 0.631. The van der Waals surface area contributed by atoms with E-state index in [1.54, 1.807) is 10.9 Å². The second kappa shape index (κ2) is 7.05. The van der Waals surface area contributed by atoms with Crippen molar-refractivity contribution in [3.63, 3.8) is 0 Å². The van der Waals surface area contributed by atoms with Gasteiger partial charge in [-0.05, 0) is 50.7 Å². The van der Waals surface area contributed by atoms with Gasteiger partial charge in [-0.1, -0.05) is 24.3 Å². The van der Waals surface area contributed by atoms with Gasteiger partial charge in [-0.3, -0.25) is 4.68 Å².